The standard InChI is InChI=1S/C10H12N4O/c11-10-7(2-1-3-12-10)4-9(15)8-5-13-14-6-8/h1-3,5-6,9,15H,4H2,(H2,11,12)(H,13,14). The number of aliphatic hydroxyl groups is 1. The molecule has 0 aromatic carbocycles. The maximum Gasteiger partial charge on any atom is 0.126 e. The Hall–Kier alpha value is -1.88. The molecule has 2 aromatic rings. The number of nitrogen functional groups attached to an aromatic ring is 1. The molecule has 2 heterocycles. The fraction of sp³-hybridized carbons (Fsp3) is 0.200. The Morgan fingerprint density at radius 1 is 1.53 bits per heavy atom. The van der Waals surface area contributed by atoms with Crippen molar-refractivity contribution in [3.63, 3.8) is 0 Å². The molecule has 0 aliphatic carbocycles. The third kappa shape index (κ3) is 2.13. The first-order valence-electron chi connectivity index (χ1n) is 4.63. The van der Waals surface area contributed by atoms with Crippen LogP contribution in [0.1, 0.15) is 17.2 Å². The van der Waals surface area contributed by atoms with Crippen molar-refractivity contribution in [2.75, 3.05) is 5.73 Å². The number of aromatic amines is 1. The van der Waals surface area contributed by atoms with Crippen LogP contribution in [-0.2, 0) is 6.42 Å². The Bertz CT molecular complexity index is 427. The lowest BCUT2D eigenvalue weighted by atomic mass is 10.1. The van der Waals surface area contributed by atoms with Crippen molar-refractivity contribution in [1.82, 2.24) is 15.2 Å². The Morgan fingerprint density at radius 2 is 2.40 bits per heavy atom. The lowest BCUT2D eigenvalue weighted by molar-refractivity contribution is 0.178. The van der Waals surface area contributed by atoms with Gasteiger partial charge >= 0.3 is 0 Å². The van der Waals surface area contributed by atoms with Gasteiger partial charge in [-0.3, -0.25) is 5.10 Å². The van der Waals surface area contributed by atoms with Gasteiger partial charge in [0.05, 0.1) is 12.3 Å². The highest BCUT2D eigenvalue weighted by molar-refractivity contribution is 5.39. The summed E-state index contributed by atoms with van der Waals surface area (Å²) in [7, 11) is 0. The molecule has 0 bridgehead atoms. The van der Waals surface area contributed by atoms with E-state index in [1.807, 2.05) is 6.07 Å². The van der Waals surface area contributed by atoms with Crippen molar-refractivity contribution in [2.24, 2.45) is 0 Å². The summed E-state index contributed by atoms with van der Waals surface area (Å²) in [5.74, 6) is 0.458. The maximum absolute atomic E-state index is 9.84. The number of pyridine rings is 1. The first-order valence-corrected chi connectivity index (χ1v) is 4.63. The van der Waals surface area contributed by atoms with Crippen LogP contribution in [0, 0.1) is 0 Å². The normalized spacial score (nSPS) is 12.6. The molecule has 5 nitrogen and oxygen atoms in total. The number of anilines is 1. The number of nitrogens with zero attached hydrogens (tertiary/aromatic N) is 2. The van der Waals surface area contributed by atoms with Crippen LogP contribution in [0.4, 0.5) is 5.82 Å². The number of nitrogens with two attached hydrogens (primary N) is 1. The minimum atomic E-state index is -0.602. The van der Waals surface area contributed by atoms with Crippen LogP contribution in [0.15, 0.2) is 30.7 Å². The van der Waals surface area contributed by atoms with Gasteiger partial charge in [-0.2, -0.15) is 5.10 Å². The molecule has 2 rings (SSSR count). The third-order valence-corrected chi connectivity index (χ3v) is 2.24. The summed E-state index contributed by atoms with van der Waals surface area (Å²) >= 11 is 0. The third-order valence-electron chi connectivity index (χ3n) is 2.24. The Morgan fingerprint density at radius 3 is 3.07 bits per heavy atom. The summed E-state index contributed by atoms with van der Waals surface area (Å²) in [5.41, 5.74) is 7.26. The molecular formula is C10H12N4O. The largest absolute Gasteiger partial charge is 0.388 e. The highest BCUT2D eigenvalue weighted by Gasteiger charge is 2.11. The molecule has 0 aliphatic rings. The SMILES string of the molecule is Nc1ncccc1CC(O)c1cn[nH]c1. The topological polar surface area (TPSA) is 87.8 Å². The summed E-state index contributed by atoms with van der Waals surface area (Å²) in [6.45, 7) is 0. The second-order valence-corrected chi connectivity index (χ2v) is 3.30. The molecule has 2 aromatic heterocycles. The van der Waals surface area contributed by atoms with Gasteiger partial charge in [0, 0.05) is 24.4 Å². The number of aliphatic hydroxyl groups excluding tert-OH is 1. The Kier molecular flexibility index (Phi) is 2.64. The zero-order valence-corrected chi connectivity index (χ0v) is 8.09. The van der Waals surface area contributed by atoms with Crippen LogP contribution in [0.3, 0.4) is 0 Å². The van der Waals surface area contributed by atoms with Crippen molar-refractivity contribution in [3.8, 4) is 0 Å². The summed E-state index contributed by atoms with van der Waals surface area (Å²) < 4.78 is 0. The van der Waals surface area contributed by atoms with Crippen molar-refractivity contribution in [2.45, 2.75) is 12.5 Å². The molecule has 0 amide bonds. The van der Waals surface area contributed by atoms with E-state index in [0.29, 0.717) is 12.2 Å². The highest BCUT2D eigenvalue weighted by Crippen LogP contribution is 2.19. The molecule has 15 heavy (non-hydrogen) atoms. The van der Waals surface area contributed by atoms with Crippen LogP contribution in [-0.4, -0.2) is 20.3 Å². The number of hydrogen-bond donors (Lipinski definition) is 3. The minimum Gasteiger partial charge on any atom is -0.388 e. The molecule has 1 unspecified atom stereocenters. The monoisotopic (exact) mass is 204 g/mol. The molecule has 0 saturated heterocycles. The van der Waals surface area contributed by atoms with E-state index in [0.717, 1.165) is 11.1 Å². The average Bonchev–Trinajstić information content (AvgIpc) is 2.74. The number of rotatable bonds is 3. The van der Waals surface area contributed by atoms with Crippen molar-refractivity contribution >= 4 is 5.82 Å². The number of nitrogens with one attached hydrogen (secondary N) is 1. The molecule has 4 N–H and O–H groups in total. The van der Waals surface area contributed by atoms with E-state index in [-0.39, 0.29) is 0 Å². The second-order valence-electron chi connectivity index (χ2n) is 3.30. The van der Waals surface area contributed by atoms with Gasteiger partial charge in [0.15, 0.2) is 0 Å². The van der Waals surface area contributed by atoms with Gasteiger partial charge in [0.25, 0.3) is 0 Å². The van der Waals surface area contributed by atoms with Crippen molar-refractivity contribution < 1.29 is 5.11 Å². The van der Waals surface area contributed by atoms with E-state index >= 15 is 0 Å². The van der Waals surface area contributed by atoms with Gasteiger partial charge in [0.2, 0.25) is 0 Å². The van der Waals surface area contributed by atoms with Crippen LogP contribution in [0.2, 0.25) is 0 Å². The van der Waals surface area contributed by atoms with Crippen molar-refractivity contribution in [3.05, 3.63) is 41.9 Å². The molecule has 5 heteroatoms. The zero-order chi connectivity index (χ0) is 10.7. The highest BCUT2D eigenvalue weighted by atomic mass is 16.3. The predicted octanol–water partition coefficient (Wildman–Crippen LogP) is 0.663. The van der Waals surface area contributed by atoms with E-state index in [9.17, 15) is 5.11 Å². The number of aromatic nitrogens is 3. The first kappa shape index (κ1) is 9.67. The number of H-pyrrole nitrogens is 1. The van der Waals surface area contributed by atoms with Gasteiger partial charge in [0.1, 0.15) is 5.82 Å². The predicted molar refractivity (Wildman–Crippen MR) is 55.9 cm³/mol. The van der Waals surface area contributed by atoms with Crippen LogP contribution in [0.5, 0.6) is 0 Å². The molecule has 78 valence electrons. The lowest BCUT2D eigenvalue weighted by Gasteiger charge is -2.09. The van der Waals surface area contributed by atoms with Gasteiger partial charge in [-0.25, -0.2) is 4.98 Å². The lowest BCUT2D eigenvalue weighted by Crippen LogP contribution is -2.04. The van der Waals surface area contributed by atoms with E-state index < -0.39 is 6.10 Å². The molecule has 0 fully saturated rings. The second kappa shape index (κ2) is 4.10. The van der Waals surface area contributed by atoms with E-state index in [1.165, 1.54) is 0 Å². The molecule has 0 spiro atoms. The fourth-order valence-electron chi connectivity index (χ4n) is 1.39. The fourth-order valence-corrected chi connectivity index (χ4v) is 1.39. The van der Waals surface area contributed by atoms with E-state index in [1.54, 1.807) is 24.7 Å². The van der Waals surface area contributed by atoms with Crippen molar-refractivity contribution in [1.29, 1.82) is 0 Å². The first-order chi connectivity index (χ1) is 7.27. The Balaban J connectivity index is 2.13. The molecular weight excluding hydrogens is 192 g/mol. The molecule has 0 saturated carbocycles. The summed E-state index contributed by atoms with van der Waals surface area (Å²) in [5, 5.41) is 16.3. The minimum absolute atomic E-state index is 0.444. The van der Waals surface area contributed by atoms with E-state index in [4.69, 9.17) is 5.73 Å². The summed E-state index contributed by atoms with van der Waals surface area (Å²) in [6.07, 6.45) is 4.73. The summed E-state index contributed by atoms with van der Waals surface area (Å²) in [4.78, 5) is 3.96. The van der Waals surface area contributed by atoms with E-state index in [2.05, 4.69) is 15.2 Å². The summed E-state index contributed by atoms with van der Waals surface area (Å²) in [6, 6.07) is 3.65. The van der Waals surface area contributed by atoms with Gasteiger partial charge in [-0.05, 0) is 11.6 Å². The maximum atomic E-state index is 9.84. The number of hydrogen-bond acceptors (Lipinski definition) is 4. The van der Waals surface area contributed by atoms with Crippen LogP contribution < -0.4 is 5.73 Å². The van der Waals surface area contributed by atoms with Crippen LogP contribution in [0.25, 0.3) is 0 Å². The zero-order valence-electron chi connectivity index (χ0n) is 8.09. The van der Waals surface area contributed by atoms with Crippen LogP contribution >= 0.6 is 0 Å². The van der Waals surface area contributed by atoms with Gasteiger partial charge in [-0.15, -0.1) is 0 Å². The Labute approximate surface area is 87.0 Å². The molecule has 0 radical (unpaired) electrons. The average molecular weight is 204 g/mol. The smallest absolute Gasteiger partial charge is 0.126 e. The molecule has 1 atom stereocenters. The van der Waals surface area contributed by atoms with Gasteiger partial charge < -0.3 is 10.8 Å². The quantitative estimate of drug-likeness (QED) is 0.685. The molecule has 0 aliphatic heterocycles. The van der Waals surface area contributed by atoms with Gasteiger partial charge in [-0.1, -0.05) is 6.07 Å².